The first-order valence-corrected chi connectivity index (χ1v) is 3.42. The van der Waals surface area contributed by atoms with Crippen molar-refractivity contribution in [2.45, 2.75) is 13.8 Å². The van der Waals surface area contributed by atoms with E-state index in [4.69, 9.17) is 0 Å². The average molecular weight is 151 g/mol. The van der Waals surface area contributed by atoms with Gasteiger partial charge in [-0.3, -0.25) is 4.40 Å². The summed E-state index contributed by atoms with van der Waals surface area (Å²) < 4.78 is 1.64. The van der Waals surface area contributed by atoms with E-state index in [1.165, 1.54) is 6.33 Å². The van der Waals surface area contributed by atoms with Gasteiger partial charge in [0.25, 0.3) is 5.78 Å². The number of nitrogens with zero attached hydrogens (tertiary/aromatic N) is 5. The quantitative estimate of drug-likeness (QED) is 0.551. The molecule has 5 heteroatoms. The molecule has 0 N–H and O–H groups in total. The molecule has 0 spiro atoms. The van der Waals surface area contributed by atoms with E-state index < -0.39 is 0 Å². The molecule has 0 aliphatic heterocycles. The molecule has 2 aromatic heterocycles. The fourth-order valence-electron chi connectivity index (χ4n) is 0.597. The van der Waals surface area contributed by atoms with Crippen molar-refractivity contribution in [3.8, 4) is 0 Å². The van der Waals surface area contributed by atoms with Crippen molar-refractivity contribution < 1.29 is 0 Å². The highest BCUT2D eigenvalue weighted by atomic mass is 15.3. The van der Waals surface area contributed by atoms with Crippen LogP contribution in [0.4, 0.5) is 0 Å². The van der Waals surface area contributed by atoms with Gasteiger partial charge in [-0.1, -0.05) is 13.8 Å². The maximum absolute atomic E-state index is 3.82. The zero-order valence-corrected chi connectivity index (χ0v) is 6.47. The van der Waals surface area contributed by atoms with Gasteiger partial charge in [-0.15, -0.1) is 10.2 Å². The maximum atomic E-state index is 3.82. The zero-order valence-electron chi connectivity index (χ0n) is 6.47. The summed E-state index contributed by atoms with van der Waals surface area (Å²) in [6.45, 7) is 4.00. The molecule has 0 radical (unpaired) electrons. The van der Waals surface area contributed by atoms with Crippen LogP contribution in [0.15, 0.2) is 19.0 Å². The first-order valence-electron chi connectivity index (χ1n) is 3.42. The summed E-state index contributed by atoms with van der Waals surface area (Å²) in [4.78, 5) is 7.58. The predicted molar refractivity (Wildman–Crippen MR) is 39.9 cm³/mol. The second kappa shape index (κ2) is 3.60. The minimum absolute atomic E-state index is 0.574. The van der Waals surface area contributed by atoms with E-state index in [0.29, 0.717) is 5.78 Å². The molecule has 2 rings (SSSR count). The molecule has 0 aliphatic rings. The van der Waals surface area contributed by atoms with Gasteiger partial charge in [0.1, 0.15) is 19.0 Å². The molecule has 0 fully saturated rings. The Labute approximate surface area is 64.1 Å². The van der Waals surface area contributed by atoms with Crippen LogP contribution in [0.5, 0.6) is 0 Å². The molecule has 2 heterocycles. The second-order valence-corrected chi connectivity index (χ2v) is 1.55. The third kappa shape index (κ3) is 1.49. The molecule has 0 aromatic carbocycles. The molecule has 0 bridgehead atoms. The third-order valence-electron chi connectivity index (χ3n) is 0.985. The van der Waals surface area contributed by atoms with Gasteiger partial charge < -0.3 is 0 Å². The smallest absolute Gasteiger partial charge is 0.256 e. The van der Waals surface area contributed by atoms with Gasteiger partial charge in [0.15, 0.2) is 0 Å². The van der Waals surface area contributed by atoms with E-state index >= 15 is 0 Å². The monoisotopic (exact) mass is 151 g/mol. The van der Waals surface area contributed by atoms with Crippen LogP contribution in [0.2, 0.25) is 0 Å². The fourth-order valence-corrected chi connectivity index (χ4v) is 0.597. The Morgan fingerprint density at radius 1 is 1.27 bits per heavy atom. The van der Waals surface area contributed by atoms with Crippen molar-refractivity contribution >= 4 is 5.78 Å². The van der Waals surface area contributed by atoms with Crippen LogP contribution in [0.3, 0.4) is 0 Å². The number of hydrogen-bond acceptors (Lipinski definition) is 4. The predicted octanol–water partition coefficient (Wildman–Crippen LogP) is 0.545. The molecule has 2 aromatic rings. The molecule has 0 atom stereocenters. The van der Waals surface area contributed by atoms with Crippen LogP contribution < -0.4 is 0 Å². The summed E-state index contributed by atoms with van der Waals surface area (Å²) in [6.07, 6.45) is 4.59. The van der Waals surface area contributed by atoms with Crippen molar-refractivity contribution in [2.24, 2.45) is 0 Å². The standard InChI is InChI=1S/C4H3N5.C2H6/c1-5-2-9-3-7-8-4(9)6-1;1-2/h1-3H;1-2H3. The molecular formula is C6H9N5. The summed E-state index contributed by atoms with van der Waals surface area (Å²) in [7, 11) is 0. The lowest BCUT2D eigenvalue weighted by atomic mass is 11.0. The SMILES string of the molecule is CC.c1ncn2cnnc2n1. The fraction of sp³-hybridized carbons (Fsp3) is 0.333. The van der Waals surface area contributed by atoms with Gasteiger partial charge in [-0.05, 0) is 0 Å². The lowest BCUT2D eigenvalue weighted by Gasteiger charge is -1.82. The highest BCUT2D eigenvalue weighted by molar-refractivity contribution is 5.20. The van der Waals surface area contributed by atoms with Crippen molar-refractivity contribution in [3.05, 3.63) is 19.0 Å². The van der Waals surface area contributed by atoms with Gasteiger partial charge in [0.2, 0.25) is 0 Å². The van der Waals surface area contributed by atoms with Crippen LogP contribution in [-0.4, -0.2) is 24.6 Å². The molecule has 0 saturated carbocycles. The Morgan fingerprint density at radius 3 is 2.82 bits per heavy atom. The Balaban J connectivity index is 0.000000281. The number of fused-ring (bicyclic) bond motifs is 1. The van der Waals surface area contributed by atoms with Gasteiger partial charge >= 0.3 is 0 Å². The third-order valence-corrected chi connectivity index (χ3v) is 0.985. The summed E-state index contributed by atoms with van der Waals surface area (Å²) in [5.74, 6) is 0.574. The largest absolute Gasteiger partial charge is 0.257 e. The van der Waals surface area contributed by atoms with E-state index in [2.05, 4.69) is 20.2 Å². The first-order chi connectivity index (χ1) is 5.47. The minimum Gasteiger partial charge on any atom is -0.256 e. The Kier molecular flexibility index (Phi) is 2.48. The highest BCUT2D eigenvalue weighted by Crippen LogP contribution is 1.85. The van der Waals surface area contributed by atoms with Crippen molar-refractivity contribution in [1.29, 1.82) is 0 Å². The lowest BCUT2D eigenvalue weighted by molar-refractivity contribution is 1.01. The Hall–Kier alpha value is -1.52. The average Bonchev–Trinajstić information content (AvgIpc) is 2.55. The van der Waals surface area contributed by atoms with Crippen LogP contribution in [0.1, 0.15) is 13.8 Å². The van der Waals surface area contributed by atoms with Gasteiger partial charge in [-0.25, -0.2) is 4.98 Å². The molecule has 0 saturated heterocycles. The molecule has 5 nitrogen and oxygen atoms in total. The number of rotatable bonds is 0. The topological polar surface area (TPSA) is 56.0 Å². The van der Waals surface area contributed by atoms with E-state index in [1.807, 2.05) is 13.8 Å². The van der Waals surface area contributed by atoms with E-state index in [0.717, 1.165) is 0 Å². The lowest BCUT2D eigenvalue weighted by Crippen LogP contribution is -1.86. The summed E-state index contributed by atoms with van der Waals surface area (Å²) >= 11 is 0. The molecule has 58 valence electrons. The molecule has 11 heavy (non-hydrogen) atoms. The second-order valence-electron chi connectivity index (χ2n) is 1.55. The Bertz CT molecular complexity index is 285. The van der Waals surface area contributed by atoms with Crippen molar-refractivity contribution in [3.63, 3.8) is 0 Å². The highest BCUT2D eigenvalue weighted by Gasteiger charge is 1.89. The van der Waals surface area contributed by atoms with Gasteiger partial charge in [0.05, 0.1) is 0 Å². The van der Waals surface area contributed by atoms with Crippen LogP contribution >= 0.6 is 0 Å². The normalized spacial score (nSPS) is 8.91. The molecule has 0 unspecified atom stereocenters. The van der Waals surface area contributed by atoms with E-state index in [1.54, 1.807) is 17.1 Å². The van der Waals surface area contributed by atoms with E-state index in [-0.39, 0.29) is 0 Å². The van der Waals surface area contributed by atoms with Crippen LogP contribution in [0.25, 0.3) is 5.78 Å². The molecule has 0 amide bonds. The Morgan fingerprint density at radius 2 is 2.09 bits per heavy atom. The van der Waals surface area contributed by atoms with Gasteiger partial charge in [0, 0.05) is 0 Å². The van der Waals surface area contributed by atoms with Crippen LogP contribution in [-0.2, 0) is 0 Å². The van der Waals surface area contributed by atoms with Crippen molar-refractivity contribution in [2.75, 3.05) is 0 Å². The zero-order chi connectivity index (χ0) is 8.10. The van der Waals surface area contributed by atoms with Crippen LogP contribution in [0, 0.1) is 0 Å². The van der Waals surface area contributed by atoms with Gasteiger partial charge in [-0.2, -0.15) is 4.98 Å². The summed E-state index contributed by atoms with van der Waals surface area (Å²) in [6, 6.07) is 0. The number of hydrogen-bond donors (Lipinski definition) is 0. The summed E-state index contributed by atoms with van der Waals surface area (Å²) in [5, 5.41) is 7.29. The van der Waals surface area contributed by atoms with E-state index in [9.17, 15) is 0 Å². The van der Waals surface area contributed by atoms with Crippen molar-refractivity contribution in [1.82, 2.24) is 24.6 Å². The number of aromatic nitrogens is 5. The molecular weight excluding hydrogens is 142 g/mol. The first kappa shape index (κ1) is 7.59. The molecule has 0 aliphatic carbocycles. The maximum Gasteiger partial charge on any atom is 0.257 e. The minimum atomic E-state index is 0.574. The summed E-state index contributed by atoms with van der Waals surface area (Å²) in [5.41, 5.74) is 0.